The molecule has 0 amide bonds. The van der Waals surface area contributed by atoms with Crippen molar-refractivity contribution in [2.75, 3.05) is 0 Å². The van der Waals surface area contributed by atoms with Crippen molar-refractivity contribution in [2.45, 2.75) is 84.6 Å². The van der Waals surface area contributed by atoms with Crippen molar-refractivity contribution in [1.29, 1.82) is 0 Å². The summed E-state index contributed by atoms with van der Waals surface area (Å²) in [5.74, 6) is 0. The largest absolute Gasteiger partial charge is 0.341 e. The quantitative estimate of drug-likeness (QED) is 0.255. The highest BCUT2D eigenvalue weighted by Gasteiger charge is 2.38. The number of hydrogen-bond donors (Lipinski definition) is 0. The van der Waals surface area contributed by atoms with Gasteiger partial charge >= 0.3 is 0 Å². The van der Waals surface area contributed by atoms with Crippen LogP contribution in [0.5, 0.6) is 0 Å². The van der Waals surface area contributed by atoms with Gasteiger partial charge in [-0.25, -0.2) is 0 Å². The Morgan fingerprint density at radius 1 is 0.947 bits per heavy atom. The Balaban J connectivity index is 1.55. The van der Waals surface area contributed by atoms with Gasteiger partial charge in [0.05, 0.1) is 23.4 Å². The number of hydrogen-bond acceptors (Lipinski definition) is 1. The van der Waals surface area contributed by atoms with Gasteiger partial charge in [0.1, 0.15) is 0 Å². The summed E-state index contributed by atoms with van der Waals surface area (Å²) in [6.07, 6.45) is 13.6. The van der Waals surface area contributed by atoms with Crippen LogP contribution in [0.25, 0.3) is 27.7 Å². The van der Waals surface area contributed by atoms with E-state index in [1.165, 1.54) is 51.7 Å². The highest BCUT2D eigenvalue weighted by atomic mass is 15.0. The maximum absolute atomic E-state index is 5.04. The molecule has 0 atom stereocenters. The van der Waals surface area contributed by atoms with Gasteiger partial charge in [-0.2, -0.15) is 0 Å². The summed E-state index contributed by atoms with van der Waals surface area (Å²) in [6, 6.07) is 18.0. The van der Waals surface area contributed by atoms with Crippen LogP contribution in [0.2, 0.25) is 0 Å². The molecule has 4 aromatic rings. The van der Waals surface area contributed by atoms with E-state index in [9.17, 15) is 0 Å². The molecule has 0 unspecified atom stereocenters. The normalized spacial score (nSPS) is 17.9. The number of aromatic nitrogens is 2. The van der Waals surface area contributed by atoms with E-state index in [4.69, 9.17) is 4.98 Å². The van der Waals surface area contributed by atoms with Crippen LogP contribution in [0.15, 0.2) is 73.0 Å². The maximum Gasteiger partial charge on any atom is 0.0706 e. The van der Waals surface area contributed by atoms with Crippen LogP contribution in [-0.2, 0) is 30.2 Å². The molecule has 2 heteroatoms. The van der Waals surface area contributed by atoms with Crippen LogP contribution >= 0.6 is 0 Å². The van der Waals surface area contributed by atoms with Crippen molar-refractivity contribution < 1.29 is 0 Å². The molecule has 0 saturated heterocycles. The molecule has 0 fully saturated rings. The molecule has 2 aliphatic rings. The van der Waals surface area contributed by atoms with Gasteiger partial charge in [-0.3, -0.25) is 4.98 Å². The van der Waals surface area contributed by atoms with Crippen molar-refractivity contribution >= 4 is 16.5 Å². The third-order valence-corrected chi connectivity index (χ3v) is 9.11. The third kappa shape index (κ3) is 4.15. The lowest BCUT2D eigenvalue weighted by molar-refractivity contribution is 0.331. The first-order valence-electron chi connectivity index (χ1n) is 14.2. The van der Waals surface area contributed by atoms with Crippen molar-refractivity contribution in [2.24, 2.45) is 0 Å². The molecule has 0 bridgehead atoms. The van der Waals surface area contributed by atoms with Crippen LogP contribution in [0.4, 0.5) is 0 Å². The van der Waals surface area contributed by atoms with Crippen LogP contribution in [0.3, 0.4) is 0 Å². The zero-order valence-corrected chi connectivity index (χ0v) is 23.9. The van der Waals surface area contributed by atoms with E-state index in [0.717, 1.165) is 30.6 Å². The second-order valence-electron chi connectivity index (χ2n) is 12.7. The highest BCUT2D eigenvalue weighted by molar-refractivity contribution is 5.81. The van der Waals surface area contributed by atoms with E-state index in [-0.39, 0.29) is 10.8 Å². The van der Waals surface area contributed by atoms with Crippen LogP contribution in [0, 0.1) is 0 Å². The molecule has 38 heavy (non-hydrogen) atoms. The topological polar surface area (TPSA) is 17.8 Å². The molecule has 0 saturated carbocycles. The maximum atomic E-state index is 5.04. The minimum absolute atomic E-state index is 0.194. The summed E-state index contributed by atoms with van der Waals surface area (Å²) >= 11 is 0. The highest BCUT2D eigenvalue weighted by Crippen LogP contribution is 2.49. The lowest BCUT2D eigenvalue weighted by atomic mass is 9.62. The van der Waals surface area contributed by atoms with Crippen molar-refractivity contribution in [3.05, 3.63) is 106 Å². The number of fused-ring (bicyclic) bond motifs is 5. The first kappa shape index (κ1) is 24.9. The molecule has 2 nitrogen and oxygen atoms in total. The average molecular weight is 501 g/mol. The van der Waals surface area contributed by atoms with Crippen LogP contribution in [0.1, 0.15) is 87.9 Å². The van der Waals surface area contributed by atoms with Crippen LogP contribution < -0.4 is 0 Å². The Labute approximate surface area is 228 Å². The Bertz CT molecular complexity index is 1610. The summed E-state index contributed by atoms with van der Waals surface area (Å²) < 4.78 is 2.49. The molecule has 6 rings (SSSR count). The second-order valence-corrected chi connectivity index (χ2v) is 12.7. The number of para-hydroxylation sites is 1. The predicted molar refractivity (Wildman–Crippen MR) is 162 cm³/mol. The van der Waals surface area contributed by atoms with E-state index >= 15 is 0 Å². The number of benzene rings is 2. The molecule has 2 aromatic carbocycles. The zero-order chi connectivity index (χ0) is 26.7. The standard InChI is InChI=1S/C36H40N2/c1-7-8-11-24(2)30-23-38(22-27-16-14-25-12-9-10-13-33(25)37-27)34-28(30)17-15-26-20-31-32(21-29(26)34)36(5,6)19-18-35(31,3)4/h7-14,16,20-21,23H,15,17-19,22H2,1-6H3/b8-7-,24-11+. The van der Waals surface area contributed by atoms with Gasteiger partial charge in [0.25, 0.3) is 0 Å². The van der Waals surface area contributed by atoms with E-state index < -0.39 is 0 Å². The third-order valence-electron chi connectivity index (χ3n) is 9.11. The number of rotatable bonds is 4. The molecular weight excluding hydrogens is 460 g/mol. The number of pyridine rings is 1. The minimum Gasteiger partial charge on any atom is -0.341 e. The molecule has 0 N–H and O–H groups in total. The summed E-state index contributed by atoms with van der Waals surface area (Å²) in [7, 11) is 0. The van der Waals surface area contributed by atoms with Crippen molar-refractivity contribution in [3.8, 4) is 11.3 Å². The van der Waals surface area contributed by atoms with Gasteiger partial charge in [-0.1, -0.05) is 76.3 Å². The molecule has 2 heterocycles. The molecular formula is C36H40N2. The van der Waals surface area contributed by atoms with E-state index in [2.05, 4.69) is 119 Å². The number of nitrogens with zero attached hydrogens (tertiary/aromatic N) is 2. The van der Waals surface area contributed by atoms with Gasteiger partial charge in [-0.05, 0) is 102 Å². The van der Waals surface area contributed by atoms with E-state index in [1.807, 2.05) is 0 Å². The monoisotopic (exact) mass is 500 g/mol. The van der Waals surface area contributed by atoms with Gasteiger partial charge in [0.15, 0.2) is 0 Å². The van der Waals surface area contributed by atoms with Crippen molar-refractivity contribution in [3.63, 3.8) is 0 Å². The fraction of sp³-hybridized carbons (Fsp3) is 0.361. The van der Waals surface area contributed by atoms with E-state index in [0.29, 0.717) is 0 Å². The van der Waals surface area contributed by atoms with Gasteiger partial charge < -0.3 is 4.57 Å². The predicted octanol–water partition coefficient (Wildman–Crippen LogP) is 9.18. The van der Waals surface area contributed by atoms with E-state index in [1.54, 1.807) is 11.1 Å². The van der Waals surface area contributed by atoms with Gasteiger partial charge in [-0.15, -0.1) is 0 Å². The summed E-state index contributed by atoms with van der Waals surface area (Å²) in [5, 5.41) is 1.19. The minimum atomic E-state index is 0.194. The molecule has 0 radical (unpaired) electrons. The Morgan fingerprint density at radius 2 is 1.68 bits per heavy atom. The molecule has 0 spiro atoms. The number of aryl methyl sites for hydroxylation is 1. The van der Waals surface area contributed by atoms with Crippen molar-refractivity contribution in [1.82, 2.24) is 9.55 Å². The lowest BCUT2D eigenvalue weighted by Crippen LogP contribution is -2.34. The van der Waals surface area contributed by atoms with Crippen LogP contribution in [-0.4, -0.2) is 9.55 Å². The first-order valence-corrected chi connectivity index (χ1v) is 14.2. The summed E-state index contributed by atoms with van der Waals surface area (Å²) in [4.78, 5) is 5.04. The number of allylic oxidation sites excluding steroid dienone is 4. The van der Waals surface area contributed by atoms with Gasteiger partial charge in [0, 0.05) is 17.1 Å². The average Bonchev–Trinajstić information content (AvgIpc) is 3.28. The second kappa shape index (κ2) is 9.12. The fourth-order valence-corrected chi connectivity index (χ4v) is 6.68. The molecule has 0 aliphatic heterocycles. The SMILES string of the molecule is C/C=C\C=C(/C)c1cn(Cc2ccc3ccccc3n2)c2c1CCc1cc3c(cc1-2)C(C)(C)CCC3(C)C. The smallest absolute Gasteiger partial charge is 0.0706 e. The van der Waals surface area contributed by atoms with Gasteiger partial charge in [0.2, 0.25) is 0 Å². The Morgan fingerprint density at radius 3 is 2.45 bits per heavy atom. The Kier molecular flexibility index (Phi) is 5.98. The zero-order valence-electron chi connectivity index (χ0n) is 23.9. The molecule has 194 valence electrons. The molecule has 2 aliphatic carbocycles. The Hall–Kier alpha value is -3.39. The summed E-state index contributed by atoms with van der Waals surface area (Å²) in [6.45, 7) is 14.8. The molecule has 2 aromatic heterocycles. The lowest BCUT2D eigenvalue weighted by Gasteiger charge is -2.43. The first-order chi connectivity index (χ1) is 18.2. The summed E-state index contributed by atoms with van der Waals surface area (Å²) in [5.41, 5.74) is 14.2. The fourth-order valence-electron chi connectivity index (χ4n) is 6.68.